The minimum absolute atomic E-state index is 0.142. The highest BCUT2D eigenvalue weighted by Crippen LogP contribution is 2.26. The van der Waals surface area contributed by atoms with Crippen molar-refractivity contribution in [3.05, 3.63) is 60.2 Å². The van der Waals surface area contributed by atoms with E-state index in [9.17, 15) is 4.79 Å². The lowest BCUT2D eigenvalue weighted by Crippen LogP contribution is -2.38. The lowest BCUT2D eigenvalue weighted by Gasteiger charge is -2.14. The van der Waals surface area contributed by atoms with E-state index in [1.165, 1.54) is 0 Å². The smallest absolute Gasteiger partial charge is 0.227 e. The number of nitrogens with zero attached hydrogens (tertiary/aromatic N) is 1. The Morgan fingerprint density at radius 1 is 1.07 bits per heavy atom. The molecule has 2 aromatic carbocycles. The van der Waals surface area contributed by atoms with Crippen molar-refractivity contribution in [3.8, 4) is 5.75 Å². The van der Waals surface area contributed by atoms with Crippen LogP contribution in [0.25, 0.3) is 0 Å². The quantitative estimate of drug-likeness (QED) is 0.364. The van der Waals surface area contributed by atoms with Gasteiger partial charge in [-0.2, -0.15) is 0 Å². The van der Waals surface area contributed by atoms with E-state index in [0.717, 1.165) is 42.7 Å². The summed E-state index contributed by atoms with van der Waals surface area (Å²) in [5.74, 6) is 1.87. The lowest BCUT2D eigenvalue weighted by molar-refractivity contribution is -0.119. The molecule has 6 nitrogen and oxygen atoms in total. The van der Waals surface area contributed by atoms with Crippen LogP contribution in [0.2, 0.25) is 0 Å². The molecule has 0 bridgehead atoms. The van der Waals surface area contributed by atoms with E-state index in [0.29, 0.717) is 25.7 Å². The fourth-order valence-corrected chi connectivity index (χ4v) is 3.45. The van der Waals surface area contributed by atoms with E-state index in [4.69, 9.17) is 4.74 Å². The maximum Gasteiger partial charge on any atom is 0.227 e. The molecular weight excluding hydrogens is 364 g/mol. The SMILES string of the molecule is CN=C(NCCOc1ccccc1)NCc1cccc(NC(=O)C2CCCC2)c1. The molecule has 0 radical (unpaired) electrons. The predicted octanol–water partition coefficient (Wildman–Crippen LogP) is 3.56. The number of rotatable bonds is 8. The molecule has 0 saturated heterocycles. The summed E-state index contributed by atoms with van der Waals surface area (Å²) >= 11 is 0. The molecule has 29 heavy (non-hydrogen) atoms. The van der Waals surface area contributed by atoms with Crippen molar-refractivity contribution in [2.24, 2.45) is 10.9 Å². The zero-order valence-corrected chi connectivity index (χ0v) is 17.0. The van der Waals surface area contributed by atoms with Crippen molar-refractivity contribution < 1.29 is 9.53 Å². The van der Waals surface area contributed by atoms with Crippen molar-refractivity contribution in [2.45, 2.75) is 32.2 Å². The number of amides is 1. The highest BCUT2D eigenvalue weighted by atomic mass is 16.5. The van der Waals surface area contributed by atoms with Gasteiger partial charge >= 0.3 is 0 Å². The molecule has 1 saturated carbocycles. The van der Waals surface area contributed by atoms with Crippen molar-refractivity contribution in [2.75, 3.05) is 25.5 Å². The number of anilines is 1. The summed E-state index contributed by atoms with van der Waals surface area (Å²) in [7, 11) is 1.74. The third kappa shape index (κ3) is 6.82. The highest BCUT2D eigenvalue weighted by Gasteiger charge is 2.22. The monoisotopic (exact) mass is 394 g/mol. The van der Waals surface area contributed by atoms with Crippen molar-refractivity contribution in [1.29, 1.82) is 0 Å². The Morgan fingerprint density at radius 3 is 2.62 bits per heavy atom. The third-order valence-electron chi connectivity index (χ3n) is 5.01. The molecule has 0 aliphatic heterocycles. The molecule has 0 heterocycles. The first-order valence-electron chi connectivity index (χ1n) is 10.3. The zero-order valence-electron chi connectivity index (χ0n) is 17.0. The van der Waals surface area contributed by atoms with Gasteiger partial charge in [0.05, 0.1) is 6.54 Å². The summed E-state index contributed by atoms with van der Waals surface area (Å²) in [6, 6.07) is 17.7. The Labute approximate surface area is 172 Å². The second-order valence-corrected chi connectivity index (χ2v) is 7.19. The van der Waals surface area contributed by atoms with E-state index in [2.05, 4.69) is 20.9 Å². The van der Waals surface area contributed by atoms with Crippen LogP contribution in [0.1, 0.15) is 31.2 Å². The van der Waals surface area contributed by atoms with Gasteiger partial charge in [-0.25, -0.2) is 0 Å². The third-order valence-corrected chi connectivity index (χ3v) is 5.01. The molecule has 1 aliphatic carbocycles. The average molecular weight is 395 g/mol. The summed E-state index contributed by atoms with van der Waals surface area (Å²) in [6.07, 6.45) is 4.32. The van der Waals surface area contributed by atoms with Crippen molar-refractivity contribution in [3.63, 3.8) is 0 Å². The first-order chi connectivity index (χ1) is 14.2. The van der Waals surface area contributed by atoms with E-state index < -0.39 is 0 Å². The first kappa shape index (κ1) is 20.7. The maximum atomic E-state index is 12.3. The predicted molar refractivity (Wildman–Crippen MR) is 117 cm³/mol. The molecule has 154 valence electrons. The molecule has 1 fully saturated rings. The summed E-state index contributed by atoms with van der Waals surface area (Å²) < 4.78 is 5.67. The summed E-state index contributed by atoms with van der Waals surface area (Å²) in [6.45, 7) is 1.81. The first-order valence-corrected chi connectivity index (χ1v) is 10.3. The molecular formula is C23H30N4O2. The molecule has 6 heteroatoms. The molecule has 0 unspecified atom stereocenters. The van der Waals surface area contributed by atoms with Gasteiger partial charge < -0.3 is 20.7 Å². The van der Waals surface area contributed by atoms with Gasteiger partial charge in [0.1, 0.15) is 12.4 Å². The molecule has 2 aromatic rings. The topological polar surface area (TPSA) is 74.8 Å². The number of hydrogen-bond acceptors (Lipinski definition) is 3. The Hall–Kier alpha value is -3.02. The van der Waals surface area contributed by atoms with Crippen LogP contribution in [0.5, 0.6) is 5.75 Å². The van der Waals surface area contributed by atoms with Crippen LogP contribution >= 0.6 is 0 Å². The molecule has 0 aromatic heterocycles. The minimum atomic E-state index is 0.142. The molecule has 0 atom stereocenters. The zero-order chi connectivity index (χ0) is 20.3. The molecule has 1 amide bonds. The Kier molecular flexibility index (Phi) is 7.92. The molecule has 0 spiro atoms. The van der Waals surface area contributed by atoms with Crippen LogP contribution in [0.15, 0.2) is 59.6 Å². The lowest BCUT2D eigenvalue weighted by atomic mass is 10.1. The number of aliphatic imine (C=N–C) groups is 1. The van der Waals surface area contributed by atoms with Crippen LogP contribution in [0, 0.1) is 5.92 Å². The Bertz CT molecular complexity index is 802. The second kappa shape index (κ2) is 11.1. The standard InChI is InChI=1S/C23H30N4O2/c1-24-23(25-14-15-29-21-12-3-2-4-13-21)26-17-18-8-7-11-20(16-18)27-22(28)19-9-5-6-10-19/h2-4,7-8,11-13,16,19H,5-6,9-10,14-15,17H2,1H3,(H,27,28)(H2,24,25,26). The van der Waals surface area contributed by atoms with Crippen molar-refractivity contribution >= 4 is 17.6 Å². The van der Waals surface area contributed by atoms with Gasteiger partial charge in [0.25, 0.3) is 0 Å². The summed E-state index contributed by atoms with van der Waals surface area (Å²) in [5.41, 5.74) is 1.93. The maximum absolute atomic E-state index is 12.3. The normalized spacial score (nSPS) is 14.4. The van der Waals surface area contributed by atoms with Crippen molar-refractivity contribution in [1.82, 2.24) is 10.6 Å². The number of carbonyl (C=O) groups excluding carboxylic acids is 1. The van der Waals surface area contributed by atoms with Gasteiger partial charge in [-0.15, -0.1) is 0 Å². The molecule has 1 aliphatic rings. The van der Waals surface area contributed by atoms with Gasteiger partial charge in [0.15, 0.2) is 5.96 Å². The van der Waals surface area contributed by atoms with Gasteiger partial charge in [-0.05, 0) is 42.7 Å². The summed E-state index contributed by atoms with van der Waals surface area (Å²) in [5, 5.41) is 9.58. The number of ether oxygens (including phenoxy) is 1. The van der Waals surface area contributed by atoms with Crippen LogP contribution in [-0.4, -0.2) is 32.1 Å². The summed E-state index contributed by atoms with van der Waals surface area (Å²) in [4.78, 5) is 16.6. The molecule has 3 N–H and O–H groups in total. The number of carbonyl (C=O) groups is 1. The van der Waals surface area contributed by atoms with E-state index in [-0.39, 0.29) is 11.8 Å². The number of benzene rings is 2. The number of nitrogens with one attached hydrogen (secondary N) is 3. The Morgan fingerprint density at radius 2 is 1.86 bits per heavy atom. The van der Waals surface area contributed by atoms with Crippen LogP contribution in [0.4, 0.5) is 5.69 Å². The number of para-hydroxylation sites is 1. The van der Waals surface area contributed by atoms with Gasteiger partial charge in [-0.3, -0.25) is 9.79 Å². The number of guanidine groups is 1. The number of hydrogen-bond donors (Lipinski definition) is 3. The van der Waals surface area contributed by atoms with Gasteiger partial charge in [-0.1, -0.05) is 43.2 Å². The van der Waals surface area contributed by atoms with Crippen LogP contribution in [-0.2, 0) is 11.3 Å². The highest BCUT2D eigenvalue weighted by molar-refractivity contribution is 5.92. The fourth-order valence-electron chi connectivity index (χ4n) is 3.45. The minimum Gasteiger partial charge on any atom is -0.492 e. The van der Waals surface area contributed by atoms with E-state index in [1.807, 2.05) is 54.6 Å². The van der Waals surface area contributed by atoms with Gasteiger partial charge in [0.2, 0.25) is 5.91 Å². The van der Waals surface area contributed by atoms with E-state index >= 15 is 0 Å². The van der Waals surface area contributed by atoms with Crippen LogP contribution in [0.3, 0.4) is 0 Å². The fraction of sp³-hybridized carbons (Fsp3) is 0.391. The second-order valence-electron chi connectivity index (χ2n) is 7.19. The molecule has 3 rings (SSSR count). The Balaban J connectivity index is 1.41. The van der Waals surface area contributed by atoms with E-state index in [1.54, 1.807) is 7.05 Å². The average Bonchev–Trinajstić information content (AvgIpc) is 3.29. The largest absolute Gasteiger partial charge is 0.492 e. The van der Waals surface area contributed by atoms with Crippen LogP contribution < -0.4 is 20.7 Å². The van der Waals surface area contributed by atoms with Gasteiger partial charge in [0, 0.05) is 25.2 Å².